The molecule has 1 aromatic carbocycles. The van der Waals surface area contributed by atoms with E-state index in [1.807, 2.05) is 12.1 Å². The molecule has 1 aliphatic rings. The molecule has 5 nitrogen and oxygen atoms in total. The van der Waals surface area contributed by atoms with Gasteiger partial charge < -0.3 is 15.4 Å². The standard InChI is InChI=1S/C22H28N4OS/c1-21(2)10-15(11-22(3,4)26-21)25-19-18-17(12-28-20(18)24-13-23-19)14-6-8-16(27-5)9-7-14/h6-9,12-13,15,26H,10-11H2,1-5H3,(H,23,24,25). The molecule has 2 N–H and O–H groups in total. The summed E-state index contributed by atoms with van der Waals surface area (Å²) in [6.45, 7) is 9.08. The summed E-state index contributed by atoms with van der Waals surface area (Å²) in [6.07, 6.45) is 3.75. The average molecular weight is 397 g/mol. The maximum absolute atomic E-state index is 5.30. The number of nitrogens with one attached hydrogen (secondary N) is 2. The smallest absolute Gasteiger partial charge is 0.139 e. The number of thiophene rings is 1. The van der Waals surface area contributed by atoms with E-state index in [1.54, 1.807) is 24.8 Å². The zero-order valence-electron chi connectivity index (χ0n) is 17.2. The van der Waals surface area contributed by atoms with Crippen LogP contribution in [0.3, 0.4) is 0 Å². The molecule has 3 heterocycles. The molecule has 0 radical (unpaired) electrons. The molecule has 1 fully saturated rings. The van der Waals surface area contributed by atoms with Crippen LogP contribution in [0.5, 0.6) is 5.75 Å². The van der Waals surface area contributed by atoms with Gasteiger partial charge in [0.05, 0.1) is 12.5 Å². The quantitative estimate of drug-likeness (QED) is 0.643. The van der Waals surface area contributed by atoms with Crippen molar-refractivity contribution >= 4 is 27.4 Å². The summed E-state index contributed by atoms with van der Waals surface area (Å²) in [7, 11) is 1.69. The van der Waals surface area contributed by atoms with Crippen LogP contribution in [0, 0.1) is 0 Å². The summed E-state index contributed by atoms with van der Waals surface area (Å²) in [4.78, 5) is 10.1. The Morgan fingerprint density at radius 3 is 2.39 bits per heavy atom. The van der Waals surface area contributed by atoms with E-state index in [0.29, 0.717) is 6.04 Å². The lowest BCUT2D eigenvalue weighted by molar-refractivity contribution is 0.170. The third-order valence-electron chi connectivity index (χ3n) is 5.30. The monoisotopic (exact) mass is 396 g/mol. The van der Waals surface area contributed by atoms with E-state index in [9.17, 15) is 0 Å². The van der Waals surface area contributed by atoms with Gasteiger partial charge in [-0.3, -0.25) is 0 Å². The number of piperidine rings is 1. The summed E-state index contributed by atoms with van der Waals surface area (Å²) < 4.78 is 5.30. The molecule has 0 bridgehead atoms. The number of ether oxygens (including phenoxy) is 1. The number of anilines is 1. The van der Waals surface area contributed by atoms with E-state index in [2.05, 4.69) is 65.8 Å². The summed E-state index contributed by atoms with van der Waals surface area (Å²) >= 11 is 1.66. The van der Waals surface area contributed by atoms with Crippen molar-refractivity contribution in [2.24, 2.45) is 0 Å². The maximum atomic E-state index is 5.30. The maximum Gasteiger partial charge on any atom is 0.139 e. The van der Waals surface area contributed by atoms with Crippen molar-refractivity contribution in [3.63, 3.8) is 0 Å². The Morgan fingerprint density at radius 2 is 1.75 bits per heavy atom. The van der Waals surface area contributed by atoms with E-state index in [0.717, 1.165) is 40.2 Å². The molecule has 2 aromatic heterocycles. The van der Waals surface area contributed by atoms with Crippen LogP contribution in [-0.2, 0) is 0 Å². The number of methoxy groups -OCH3 is 1. The van der Waals surface area contributed by atoms with Gasteiger partial charge in [0.25, 0.3) is 0 Å². The number of rotatable bonds is 4. The van der Waals surface area contributed by atoms with Crippen LogP contribution in [0.4, 0.5) is 5.82 Å². The third kappa shape index (κ3) is 3.84. The molecule has 1 saturated heterocycles. The molecule has 0 amide bonds. The molecule has 4 rings (SSSR count). The fourth-order valence-electron chi connectivity index (χ4n) is 4.59. The summed E-state index contributed by atoms with van der Waals surface area (Å²) in [5.74, 6) is 1.78. The highest BCUT2D eigenvalue weighted by Gasteiger charge is 2.38. The van der Waals surface area contributed by atoms with Gasteiger partial charge in [-0.15, -0.1) is 11.3 Å². The molecule has 3 aromatic rings. The van der Waals surface area contributed by atoms with Gasteiger partial charge in [0.2, 0.25) is 0 Å². The second-order valence-corrected chi connectivity index (χ2v) is 9.78. The van der Waals surface area contributed by atoms with Crippen LogP contribution in [0.1, 0.15) is 40.5 Å². The van der Waals surface area contributed by atoms with Crippen LogP contribution < -0.4 is 15.4 Å². The van der Waals surface area contributed by atoms with Gasteiger partial charge in [0.1, 0.15) is 22.7 Å². The highest BCUT2D eigenvalue weighted by Crippen LogP contribution is 2.38. The van der Waals surface area contributed by atoms with E-state index in [-0.39, 0.29) is 11.1 Å². The summed E-state index contributed by atoms with van der Waals surface area (Å²) in [5.41, 5.74) is 2.48. The molecule has 148 valence electrons. The zero-order chi connectivity index (χ0) is 19.9. The fourth-order valence-corrected chi connectivity index (χ4v) is 5.50. The Bertz CT molecular complexity index is 962. The minimum atomic E-state index is 0.0824. The van der Waals surface area contributed by atoms with Gasteiger partial charge in [-0.1, -0.05) is 12.1 Å². The molecular weight excluding hydrogens is 368 g/mol. The van der Waals surface area contributed by atoms with Crippen molar-refractivity contribution in [3.8, 4) is 16.9 Å². The van der Waals surface area contributed by atoms with Crippen LogP contribution in [0.15, 0.2) is 36.0 Å². The number of nitrogens with zero attached hydrogens (tertiary/aromatic N) is 2. The third-order valence-corrected chi connectivity index (χ3v) is 6.19. The van der Waals surface area contributed by atoms with E-state index in [1.165, 1.54) is 5.56 Å². The first-order chi connectivity index (χ1) is 13.3. The van der Waals surface area contributed by atoms with Gasteiger partial charge in [-0.25, -0.2) is 9.97 Å². The molecule has 0 spiro atoms. The molecule has 0 atom stereocenters. The Morgan fingerprint density at radius 1 is 1.07 bits per heavy atom. The lowest BCUT2D eigenvalue weighted by atomic mass is 9.79. The van der Waals surface area contributed by atoms with E-state index >= 15 is 0 Å². The van der Waals surface area contributed by atoms with Gasteiger partial charge in [-0.2, -0.15) is 0 Å². The van der Waals surface area contributed by atoms with Gasteiger partial charge in [-0.05, 0) is 58.2 Å². The number of aromatic nitrogens is 2. The fraction of sp³-hybridized carbons (Fsp3) is 0.455. The lowest BCUT2D eigenvalue weighted by Gasteiger charge is -2.46. The van der Waals surface area contributed by atoms with Gasteiger partial charge in [0, 0.05) is 28.1 Å². The second kappa shape index (κ2) is 7.01. The van der Waals surface area contributed by atoms with Gasteiger partial charge in [0.15, 0.2) is 0 Å². The largest absolute Gasteiger partial charge is 0.497 e. The lowest BCUT2D eigenvalue weighted by Crippen LogP contribution is -2.60. The van der Waals surface area contributed by atoms with Crippen molar-refractivity contribution in [1.82, 2.24) is 15.3 Å². The highest BCUT2D eigenvalue weighted by molar-refractivity contribution is 7.17. The first kappa shape index (κ1) is 19.2. The molecule has 0 aliphatic carbocycles. The molecule has 28 heavy (non-hydrogen) atoms. The van der Waals surface area contributed by atoms with Crippen LogP contribution in [-0.4, -0.2) is 34.2 Å². The van der Waals surface area contributed by atoms with E-state index < -0.39 is 0 Å². The predicted octanol–water partition coefficient (Wildman–Crippen LogP) is 5.09. The van der Waals surface area contributed by atoms with Crippen LogP contribution in [0.2, 0.25) is 0 Å². The van der Waals surface area contributed by atoms with Crippen LogP contribution >= 0.6 is 11.3 Å². The number of hydrogen-bond acceptors (Lipinski definition) is 6. The normalized spacial score (nSPS) is 18.9. The van der Waals surface area contributed by atoms with Crippen molar-refractivity contribution in [1.29, 1.82) is 0 Å². The Labute approximate surface area is 170 Å². The molecule has 1 aliphatic heterocycles. The minimum Gasteiger partial charge on any atom is -0.497 e. The summed E-state index contributed by atoms with van der Waals surface area (Å²) in [5, 5.41) is 10.8. The molecule has 0 unspecified atom stereocenters. The number of hydrogen-bond donors (Lipinski definition) is 2. The first-order valence-corrected chi connectivity index (χ1v) is 10.6. The van der Waals surface area contributed by atoms with Crippen molar-refractivity contribution in [2.75, 3.05) is 12.4 Å². The predicted molar refractivity (Wildman–Crippen MR) is 117 cm³/mol. The Balaban J connectivity index is 1.70. The second-order valence-electron chi connectivity index (χ2n) is 8.92. The Hall–Kier alpha value is -2.18. The average Bonchev–Trinajstić information content (AvgIpc) is 3.04. The number of fused-ring (bicyclic) bond motifs is 1. The topological polar surface area (TPSA) is 59.1 Å². The SMILES string of the molecule is COc1ccc(-c2csc3ncnc(NC4CC(C)(C)NC(C)(C)C4)c23)cc1. The van der Waals surface area contributed by atoms with Crippen molar-refractivity contribution < 1.29 is 4.74 Å². The van der Waals surface area contributed by atoms with Crippen LogP contribution in [0.25, 0.3) is 21.3 Å². The molecular formula is C22H28N4OS. The zero-order valence-corrected chi connectivity index (χ0v) is 18.0. The number of benzene rings is 1. The van der Waals surface area contributed by atoms with Crippen molar-refractivity contribution in [2.45, 2.75) is 57.7 Å². The summed E-state index contributed by atoms with van der Waals surface area (Å²) in [6, 6.07) is 8.52. The Kier molecular flexibility index (Phi) is 4.79. The first-order valence-electron chi connectivity index (χ1n) is 9.69. The van der Waals surface area contributed by atoms with Gasteiger partial charge >= 0.3 is 0 Å². The molecule has 0 saturated carbocycles. The minimum absolute atomic E-state index is 0.0824. The van der Waals surface area contributed by atoms with E-state index in [4.69, 9.17) is 4.74 Å². The highest BCUT2D eigenvalue weighted by atomic mass is 32.1. The van der Waals surface area contributed by atoms with Crippen molar-refractivity contribution in [3.05, 3.63) is 36.0 Å². The molecule has 6 heteroatoms.